The fourth-order valence-corrected chi connectivity index (χ4v) is 4.55. The molecule has 5 rings (SSSR count). The Hall–Kier alpha value is -4.05. The number of rotatable bonds is 7. The van der Waals surface area contributed by atoms with Crippen molar-refractivity contribution in [1.29, 1.82) is 0 Å². The van der Waals surface area contributed by atoms with Gasteiger partial charge in [0.2, 0.25) is 16.8 Å². The number of fused-ring (bicyclic) bond motifs is 2. The van der Waals surface area contributed by atoms with Crippen molar-refractivity contribution in [3.63, 3.8) is 0 Å². The lowest BCUT2D eigenvalue weighted by Gasteiger charge is -2.13. The van der Waals surface area contributed by atoms with Crippen molar-refractivity contribution in [2.75, 3.05) is 19.0 Å². The highest BCUT2D eigenvalue weighted by molar-refractivity contribution is 7.15. The molecule has 3 amide bonds. The summed E-state index contributed by atoms with van der Waals surface area (Å²) in [7, 11) is 1.62. The van der Waals surface area contributed by atoms with E-state index >= 15 is 0 Å². The van der Waals surface area contributed by atoms with Crippen LogP contribution in [0.4, 0.5) is 5.95 Å². The fourth-order valence-electron chi connectivity index (χ4n) is 3.72. The molecule has 0 fully saturated rings. The predicted molar refractivity (Wildman–Crippen MR) is 123 cm³/mol. The zero-order chi connectivity index (χ0) is 22.9. The monoisotopic (exact) mass is 461 g/mol. The van der Waals surface area contributed by atoms with E-state index in [1.165, 1.54) is 16.2 Å². The van der Waals surface area contributed by atoms with Gasteiger partial charge in [-0.1, -0.05) is 12.1 Å². The maximum atomic E-state index is 12.4. The Kier molecular flexibility index (Phi) is 5.35. The second-order valence-electron chi connectivity index (χ2n) is 7.44. The van der Waals surface area contributed by atoms with Crippen molar-refractivity contribution in [3.05, 3.63) is 65.0 Å². The van der Waals surface area contributed by atoms with Gasteiger partial charge in [0.05, 0.1) is 23.9 Å². The first-order valence-corrected chi connectivity index (χ1v) is 11.2. The molecule has 0 saturated carbocycles. The minimum absolute atomic E-state index is 0.131. The van der Waals surface area contributed by atoms with Crippen LogP contribution in [-0.4, -0.2) is 50.9 Å². The first-order valence-electron chi connectivity index (χ1n) is 10.3. The van der Waals surface area contributed by atoms with E-state index in [4.69, 9.17) is 4.74 Å². The van der Waals surface area contributed by atoms with E-state index in [2.05, 4.69) is 15.4 Å². The van der Waals surface area contributed by atoms with Crippen molar-refractivity contribution in [2.45, 2.75) is 12.8 Å². The van der Waals surface area contributed by atoms with Gasteiger partial charge in [0, 0.05) is 23.9 Å². The molecule has 0 unspecified atom stereocenters. The molecule has 1 aliphatic rings. The lowest BCUT2D eigenvalue weighted by Crippen LogP contribution is -2.31. The highest BCUT2D eigenvalue weighted by Gasteiger charge is 2.34. The Morgan fingerprint density at radius 3 is 2.42 bits per heavy atom. The Morgan fingerprint density at radius 1 is 1.06 bits per heavy atom. The minimum atomic E-state index is -0.321. The van der Waals surface area contributed by atoms with E-state index < -0.39 is 0 Å². The summed E-state index contributed by atoms with van der Waals surface area (Å²) in [5.41, 5.74) is 2.62. The molecule has 0 radical (unpaired) electrons. The van der Waals surface area contributed by atoms with Gasteiger partial charge in [-0.05, 0) is 42.8 Å². The summed E-state index contributed by atoms with van der Waals surface area (Å²) in [5.74, 6) is 0.0485. The van der Waals surface area contributed by atoms with E-state index in [9.17, 15) is 14.4 Å². The van der Waals surface area contributed by atoms with Crippen LogP contribution < -0.4 is 10.1 Å². The molecule has 2 aromatic heterocycles. The Bertz CT molecular complexity index is 1340. The first kappa shape index (κ1) is 20.8. The molecule has 4 aromatic rings. The molecule has 166 valence electrons. The van der Waals surface area contributed by atoms with E-state index in [0.29, 0.717) is 22.5 Å². The summed E-state index contributed by atoms with van der Waals surface area (Å²) >= 11 is 1.42. The van der Waals surface area contributed by atoms with Crippen LogP contribution in [0.15, 0.2) is 53.9 Å². The second-order valence-corrected chi connectivity index (χ2v) is 8.28. The average Bonchev–Trinajstić information content (AvgIpc) is 3.47. The molecule has 9 nitrogen and oxygen atoms in total. The van der Waals surface area contributed by atoms with Gasteiger partial charge in [-0.3, -0.25) is 24.6 Å². The number of anilines is 1. The van der Waals surface area contributed by atoms with Crippen LogP contribution in [0.2, 0.25) is 0 Å². The third-order valence-corrected chi connectivity index (χ3v) is 6.20. The van der Waals surface area contributed by atoms with E-state index in [-0.39, 0.29) is 36.6 Å². The van der Waals surface area contributed by atoms with E-state index in [0.717, 1.165) is 17.0 Å². The minimum Gasteiger partial charge on any atom is -0.497 e. The third kappa shape index (κ3) is 3.85. The number of hydrogen-bond donors (Lipinski definition) is 1. The van der Waals surface area contributed by atoms with Gasteiger partial charge < -0.3 is 4.74 Å². The molecule has 3 heterocycles. The number of amides is 3. The number of benzene rings is 2. The van der Waals surface area contributed by atoms with Crippen LogP contribution in [0, 0.1) is 0 Å². The highest BCUT2D eigenvalue weighted by Crippen LogP contribution is 2.27. The molecule has 0 spiro atoms. The second kappa shape index (κ2) is 8.47. The number of nitrogens with one attached hydrogen (secondary N) is 1. The molecule has 0 atom stereocenters. The third-order valence-electron chi connectivity index (χ3n) is 5.38. The van der Waals surface area contributed by atoms with Crippen LogP contribution in [-0.2, 0) is 4.79 Å². The number of hydrogen-bond acceptors (Lipinski definition) is 7. The van der Waals surface area contributed by atoms with Crippen LogP contribution in [0.1, 0.15) is 33.6 Å². The highest BCUT2D eigenvalue weighted by atomic mass is 32.1. The molecular weight excluding hydrogens is 442 g/mol. The van der Waals surface area contributed by atoms with Gasteiger partial charge in [-0.15, -0.1) is 16.4 Å². The number of carbonyl (C=O) groups excluding carboxylic acids is 3. The largest absolute Gasteiger partial charge is 0.497 e. The first-order chi connectivity index (χ1) is 16.0. The van der Waals surface area contributed by atoms with Crippen molar-refractivity contribution >= 4 is 40.0 Å². The van der Waals surface area contributed by atoms with Gasteiger partial charge >= 0.3 is 0 Å². The van der Waals surface area contributed by atoms with Crippen molar-refractivity contribution in [1.82, 2.24) is 19.5 Å². The van der Waals surface area contributed by atoms with Crippen LogP contribution >= 0.6 is 11.3 Å². The number of methoxy groups -OCH3 is 1. The van der Waals surface area contributed by atoms with Crippen molar-refractivity contribution in [2.24, 2.45) is 0 Å². The molecule has 1 aliphatic heterocycles. The summed E-state index contributed by atoms with van der Waals surface area (Å²) in [6.45, 7) is 0.174. The number of aromatic nitrogens is 3. The smallest absolute Gasteiger partial charge is 0.261 e. The molecule has 33 heavy (non-hydrogen) atoms. The molecule has 0 bridgehead atoms. The molecule has 2 aromatic carbocycles. The number of thiazole rings is 1. The lowest BCUT2D eigenvalue weighted by molar-refractivity contribution is -0.116. The van der Waals surface area contributed by atoms with E-state index in [1.54, 1.807) is 35.9 Å². The molecule has 1 N–H and O–H groups in total. The fraction of sp³-hybridized carbons (Fsp3) is 0.174. The Labute approximate surface area is 192 Å². The maximum Gasteiger partial charge on any atom is 0.261 e. The van der Waals surface area contributed by atoms with Crippen LogP contribution in [0.5, 0.6) is 5.75 Å². The quantitative estimate of drug-likeness (QED) is 0.423. The molecule has 0 aliphatic carbocycles. The SMILES string of the molecule is COc1ccc(-c2csc3nc(NC(=O)CCCN4C(=O)c5ccccc5C4=O)nn23)cc1. The Balaban J connectivity index is 1.20. The summed E-state index contributed by atoms with van der Waals surface area (Å²) in [6, 6.07) is 14.3. The summed E-state index contributed by atoms with van der Waals surface area (Å²) in [4.78, 5) is 43.4. The number of imide groups is 1. The maximum absolute atomic E-state index is 12.4. The van der Waals surface area contributed by atoms with Crippen LogP contribution in [0.3, 0.4) is 0 Å². The predicted octanol–water partition coefficient (Wildman–Crippen LogP) is 3.48. The standard InChI is InChI=1S/C23H19N5O4S/c1-32-15-10-8-14(9-11-15)18-13-33-23-25-22(26-28(18)23)24-19(29)7-4-12-27-20(30)16-5-2-3-6-17(16)21(27)31/h2-3,5-6,8-11,13H,4,7,12H2,1H3,(H,24,26,29). The lowest BCUT2D eigenvalue weighted by atomic mass is 10.1. The van der Waals surface area contributed by atoms with Gasteiger partial charge in [-0.25, -0.2) is 4.52 Å². The average molecular weight is 462 g/mol. The Morgan fingerprint density at radius 2 is 1.76 bits per heavy atom. The van der Waals surface area contributed by atoms with Crippen LogP contribution in [0.25, 0.3) is 16.2 Å². The zero-order valence-corrected chi connectivity index (χ0v) is 18.5. The van der Waals surface area contributed by atoms with Gasteiger partial charge in [0.1, 0.15) is 5.75 Å². The molecular formula is C23H19N5O4S. The molecule has 10 heteroatoms. The summed E-state index contributed by atoms with van der Waals surface area (Å²) in [5, 5.41) is 9.05. The molecule has 0 saturated heterocycles. The zero-order valence-electron chi connectivity index (χ0n) is 17.6. The summed E-state index contributed by atoms with van der Waals surface area (Å²) < 4.78 is 6.88. The van der Waals surface area contributed by atoms with Gasteiger partial charge in [-0.2, -0.15) is 4.98 Å². The topological polar surface area (TPSA) is 106 Å². The number of carbonyl (C=O) groups is 3. The number of ether oxygens (including phenoxy) is 1. The van der Waals surface area contributed by atoms with Crippen molar-refractivity contribution in [3.8, 4) is 17.0 Å². The van der Waals surface area contributed by atoms with Crippen molar-refractivity contribution < 1.29 is 19.1 Å². The van der Waals surface area contributed by atoms with Gasteiger partial charge in [0.25, 0.3) is 11.8 Å². The normalized spacial score (nSPS) is 12.9. The summed E-state index contributed by atoms with van der Waals surface area (Å²) in [6.07, 6.45) is 0.474. The number of nitrogens with zero attached hydrogens (tertiary/aromatic N) is 4. The van der Waals surface area contributed by atoms with Gasteiger partial charge in [0.15, 0.2) is 0 Å². The van der Waals surface area contributed by atoms with E-state index in [1.807, 2.05) is 29.6 Å².